The van der Waals surface area contributed by atoms with Crippen LogP contribution in [-0.4, -0.2) is 23.2 Å². The molecule has 0 saturated carbocycles. The summed E-state index contributed by atoms with van der Waals surface area (Å²) in [7, 11) is 0. The first-order valence-electron chi connectivity index (χ1n) is 6.56. The first kappa shape index (κ1) is 13.7. The summed E-state index contributed by atoms with van der Waals surface area (Å²) in [5.41, 5.74) is 1.30. The van der Waals surface area contributed by atoms with Gasteiger partial charge in [0.1, 0.15) is 0 Å². The normalized spacial score (nSPS) is 14.0. The highest BCUT2D eigenvalue weighted by atomic mass is 16.3. The van der Waals surface area contributed by atoms with Gasteiger partial charge in [0.05, 0.1) is 5.60 Å². The van der Waals surface area contributed by atoms with E-state index >= 15 is 0 Å². The van der Waals surface area contributed by atoms with Crippen LogP contribution < -0.4 is 5.32 Å². The van der Waals surface area contributed by atoms with Crippen LogP contribution in [0.5, 0.6) is 0 Å². The summed E-state index contributed by atoms with van der Waals surface area (Å²) in [6, 6.07) is 13.7. The van der Waals surface area contributed by atoms with Crippen LogP contribution in [0.2, 0.25) is 0 Å². The Labute approximate surface area is 114 Å². The van der Waals surface area contributed by atoms with Crippen molar-refractivity contribution in [1.82, 2.24) is 10.3 Å². The van der Waals surface area contributed by atoms with Crippen LogP contribution >= 0.6 is 0 Å². The third-order valence-electron chi connectivity index (χ3n) is 3.18. The lowest BCUT2D eigenvalue weighted by atomic mass is 9.96. The van der Waals surface area contributed by atoms with Gasteiger partial charge in [-0.2, -0.15) is 0 Å². The highest BCUT2D eigenvalue weighted by molar-refractivity contribution is 5.21. The summed E-state index contributed by atoms with van der Waals surface area (Å²) in [6.45, 7) is 3.20. The molecule has 0 fully saturated rings. The molecule has 1 unspecified atom stereocenters. The van der Waals surface area contributed by atoms with Crippen molar-refractivity contribution >= 4 is 0 Å². The summed E-state index contributed by atoms with van der Waals surface area (Å²) < 4.78 is 0. The number of nitrogens with zero attached hydrogens (tertiary/aromatic N) is 1. The van der Waals surface area contributed by atoms with Gasteiger partial charge in [0.25, 0.3) is 0 Å². The first-order valence-corrected chi connectivity index (χ1v) is 6.56. The van der Waals surface area contributed by atoms with Crippen LogP contribution in [0.15, 0.2) is 54.9 Å². The topological polar surface area (TPSA) is 45.1 Å². The molecule has 0 aliphatic heterocycles. The molecule has 2 rings (SSSR count). The van der Waals surface area contributed by atoms with Gasteiger partial charge in [0, 0.05) is 18.9 Å². The Balaban J connectivity index is 1.79. The SMILES string of the molecule is CC(O)(CNCCc1cccnc1)c1ccccc1. The predicted molar refractivity (Wildman–Crippen MR) is 76.8 cm³/mol. The summed E-state index contributed by atoms with van der Waals surface area (Å²) in [4.78, 5) is 4.08. The fraction of sp³-hybridized carbons (Fsp3) is 0.312. The molecule has 3 nitrogen and oxygen atoms in total. The lowest BCUT2D eigenvalue weighted by Crippen LogP contribution is -2.36. The minimum Gasteiger partial charge on any atom is -0.384 e. The molecular weight excluding hydrogens is 236 g/mol. The molecule has 0 saturated heterocycles. The van der Waals surface area contributed by atoms with E-state index in [9.17, 15) is 5.11 Å². The van der Waals surface area contributed by atoms with Crippen molar-refractivity contribution in [2.45, 2.75) is 18.9 Å². The van der Waals surface area contributed by atoms with Crippen LogP contribution in [0.1, 0.15) is 18.1 Å². The molecule has 2 aromatic rings. The Morgan fingerprint density at radius 2 is 1.95 bits per heavy atom. The standard InChI is InChI=1S/C16H20N2O/c1-16(19,15-7-3-2-4-8-15)13-18-11-9-14-6-5-10-17-12-14/h2-8,10,12,18-19H,9,11,13H2,1H3. The average Bonchev–Trinajstić information content (AvgIpc) is 2.46. The third kappa shape index (κ3) is 4.16. The van der Waals surface area contributed by atoms with Crippen LogP contribution in [0.4, 0.5) is 0 Å². The number of benzene rings is 1. The summed E-state index contributed by atoms with van der Waals surface area (Å²) in [5.74, 6) is 0. The molecule has 0 amide bonds. The number of aliphatic hydroxyl groups is 1. The van der Waals surface area contributed by atoms with E-state index in [4.69, 9.17) is 0 Å². The quantitative estimate of drug-likeness (QED) is 0.778. The van der Waals surface area contributed by atoms with Gasteiger partial charge in [-0.15, -0.1) is 0 Å². The van der Waals surface area contributed by atoms with Crippen molar-refractivity contribution < 1.29 is 5.11 Å². The summed E-state index contributed by atoms with van der Waals surface area (Å²) >= 11 is 0. The maximum atomic E-state index is 10.4. The fourth-order valence-corrected chi connectivity index (χ4v) is 2.01. The Hall–Kier alpha value is -1.71. The zero-order valence-corrected chi connectivity index (χ0v) is 11.2. The van der Waals surface area contributed by atoms with Gasteiger partial charge >= 0.3 is 0 Å². The molecule has 0 radical (unpaired) electrons. The number of rotatable bonds is 6. The highest BCUT2D eigenvalue weighted by Gasteiger charge is 2.21. The average molecular weight is 256 g/mol. The van der Waals surface area contributed by atoms with Gasteiger partial charge < -0.3 is 10.4 Å². The van der Waals surface area contributed by atoms with E-state index in [1.165, 1.54) is 5.56 Å². The molecule has 0 aliphatic rings. The predicted octanol–water partition coefficient (Wildman–Crippen LogP) is 2.12. The van der Waals surface area contributed by atoms with Crippen LogP contribution in [0.25, 0.3) is 0 Å². The van der Waals surface area contributed by atoms with Crippen LogP contribution in [0, 0.1) is 0 Å². The minimum atomic E-state index is -0.837. The molecule has 3 heteroatoms. The Bertz CT molecular complexity index is 483. The maximum absolute atomic E-state index is 10.4. The van der Waals surface area contributed by atoms with Crippen molar-refractivity contribution in [3.63, 3.8) is 0 Å². The molecule has 1 aromatic heterocycles. The van der Waals surface area contributed by atoms with Crippen LogP contribution in [-0.2, 0) is 12.0 Å². The minimum absolute atomic E-state index is 0.539. The molecule has 1 heterocycles. The van der Waals surface area contributed by atoms with E-state index in [0.29, 0.717) is 6.54 Å². The van der Waals surface area contributed by atoms with Gasteiger partial charge in [0.15, 0.2) is 0 Å². The summed E-state index contributed by atoms with van der Waals surface area (Å²) in [6.07, 6.45) is 4.56. The smallest absolute Gasteiger partial charge is 0.0992 e. The van der Waals surface area contributed by atoms with Gasteiger partial charge in [-0.3, -0.25) is 4.98 Å². The van der Waals surface area contributed by atoms with Crippen molar-refractivity contribution in [2.24, 2.45) is 0 Å². The molecule has 2 N–H and O–H groups in total. The van der Waals surface area contributed by atoms with E-state index < -0.39 is 5.60 Å². The van der Waals surface area contributed by atoms with Crippen molar-refractivity contribution in [1.29, 1.82) is 0 Å². The maximum Gasteiger partial charge on any atom is 0.0992 e. The molecule has 100 valence electrons. The number of hydrogen-bond donors (Lipinski definition) is 2. The Morgan fingerprint density at radius 1 is 1.16 bits per heavy atom. The van der Waals surface area contributed by atoms with E-state index in [0.717, 1.165) is 18.5 Å². The zero-order valence-electron chi connectivity index (χ0n) is 11.2. The second kappa shape index (κ2) is 6.45. The lowest BCUT2D eigenvalue weighted by molar-refractivity contribution is 0.0573. The van der Waals surface area contributed by atoms with E-state index in [-0.39, 0.29) is 0 Å². The highest BCUT2D eigenvalue weighted by Crippen LogP contribution is 2.18. The second-order valence-corrected chi connectivity index (χ2v) is 4.93. The van der Waals surface area contributed by atoms with E-state index in [1.807, 2.05) is 49.5 Å². The van der Waals surface area contributed by atoms with Gasteiger partial charge in [-0.25, -0.2) is 0 Å². The van der Waals surface area contributed by atoms with Crippen molar-refractivity contribution in [3.8, 4) is 0 Å². The van der Waals surface area contributed by atoms with E-state index in [2.05, 4.69) is 16.4 Å². The second-order valence-electron chi connectivity index (χ2n) is 4.93. The molecular formula is C16H20N2O. The molecule has 0 bridgehead atoms. The molecule has 0 aliphatic carbocycles. The number of nitrogens with one attached hydrogen (secondary N) is 1. The van der Waals surface area contributed by atoms with Gasteiger partial charge in [-0.1, -0.05) is 36.4 Å². The van der Waals surface area contributed by atoms with E-state index in [1.54, 1.807) is 6.20 Å². The number of pyridine rings is 1. The largest absolute Gasteiger partial charge is 0.384 e. The van der Waals surface area contributed by atoms with Gasteiger partial charge in [0.2, 0.25) is 0 Å². The summed E-state index contributed by atoms with van der Waals surface area (Å²) in [5, 5.41) is 13.7. The Kier molecular flexibility index (Phi) is 4.66. The monoisotopic (exact) mass is 256 g/mol. The Morgan fingerprint density at radius 3 is 2.63 bits per heavy atom. The lowest BCUT2D eigenvalue weighted by Gasteiger charge is -2.24. The van der Waals surface area contributed by atoms with Crippen LogP contribution in [0.3, 0.4) is 0 Å². The molecule has 0 spiro atoms. The zero-order chi connectivity index (χ0) is 13.6. The number of aromatic nitrogens is 1. The van der Waals surface area contributed by atoms with Crippen molar-refractivity contribution in [2.75, 3.05) is 13.1 Å². The van der Waals surface area contributed by atoms with Crippen molar-refractivity contribution in [3.05, 3.63) is 66.0 Å². The third-order valence-corrected chi connectivity index (χ3v) is 3.18. The molecule has 19 heavy (non-hydrogen) atoms. The fourth-order valence-electron chi connectivity index (χ4n) is 2.01. The van der Waals surface area contributed by atoms with Gasteiger partial charge in [-0.05, 0) is 37.1 Å². The number of hydrogen-bond acceptors (Lipinski definition) is 3. The molecule has 1 atom stereocenters. The first-order chi connectivity index (χ1) is 9.18. The molecule has 1 aromatic carbocycles.